The van der Waals surface area contributed by atoms with Crippen LogP contribution in [-0.2, 0) is 9.53 Å². The Bertz CT molecular complexity index is 393. The van der Waals surface area contributed by atoms with Crippen molar-refractivity contribution in [1.82, 2.24) is 5.32 Å². The zero-order chi connectivity index (χ0) is 16.8. The van der Waals surface area contributed by atoms with Crippen molar-refractivity contribution in [3.8, 4) is 0 Å². The summed E-state index contributed by atoms with van der Waals surface area (Å²) in [4.78, 5) is 23.2. The number of nitrogens with one attached hydrogen (secondary N) is 1. The largest absolute Gasteiger partial charge is 0.444 e. The molecular formula is C16H30N2O3. The first-order valence-electron chi connectivity index (χ1n) is 7.32. The number of carbonyl (C=O) groups excluding carboxylic acids is 2. The lowest BCUT2D eigenvalue weighted by Crippen LogP contribution is -2.39. The summed E-state index contributed by atoms with van der Waals surface area (Å²) in [6.45, 7) is 13.1. The smallest absolute Gasteiger partial charge is 0.408 e. The second kappa shape index (κ2) is 7.48. The highest BCUT2D eigenvalue weighted by Crippen LogP contribution is 2.18. The molecule has 0 aliphatic carbocycles. The molecule has 122 valence electrons. The molecule has 5 nitrogen and oxygen atoms in total. The molecule has 0 aromatic carbocycles. The first kappa shape index (κ1) is 19.5. The maximum atomic E-state index is 11.9. The summed E-state index contributed by atoms with van der Waals surface area (Å²) in [6.07, 6.45) is 3.84. The highest BCUT2D eigenvalue weighted by atomic mass is 16.6. The number of primary amides is 1. The number of hydrogen-bond acceptors (Lipinski definition) is 3. The first-order chi connectivity index (χ1) is 9.33. The molecule has 0 saturated carbocycles. The second-order valence-electron chi connectivity index (χ2n) is 7.33. The third-order valence-corrected chi connectivity index (χ3v) is 2.81. The molecule has 2 amide bonds. The summed E-state index contributed by atoms with van der Waals surface area (Å²) in [5, 5.41) is 2.82. The van der Waals surface area contributed by atoms with E-state index in [1.165, 1.54) is 0 Å². The Hall–Kier alpha value is -1.52. The van der Waals surface area contributed by atoms with Crippen LogP contribution < -0.4 is 11.1 Å². The predicted octanol–water partition coefficient (Wildman–Crippen LogP) is 2.99. The molecule has 0 bridgehead atoms. The van der Waals surface area contributed by atoms with Crippen molar-refractivity contribution in [1.29, 1.82) is 0 Å². The molecule has 5 heteroatoms. The van der Waals surface area contributed by atoms with E-state index in [1.54, 1.807) is 19.9 Å². The Morgan fingerprint density at radius 3 is 2.10 bits per heavy atom. The number of rotatable bonds is 6. The zero-order valence-electron chi connectivity index (χ0n) is 14.3. The molecular weight excluding hydrogens is 268 g/mol. The predicted molar refractivity (Wildman–Crippen MR) is 84.7 cm³/mol. The molecule has 0 saturated heterocycles. The van der Waals surface area contributed by atoms with Crippen LogP contribution in [0.5, 0.6) is 0 Å². The van der Waals surface area contributed by atoms with Crippen molar-refractivity contribution in [3.05, 3.63) is 12.2 Å². The number of ether oxygens (including phenoxy) is 1. The maximum absolute atomic E-state index is 11.9. The van der Waals surface area contributed by atoms with Crippen molar-refractivity contribution < 1.29 is 14.3 Å². The number of amides is 2. The lowest BCUT2D eigenvalue weighted by molar-refractivity contribution is -0.123. The molecule has 0 aromatic heterocycles. The van der Waals surface area contributed by atoms with Gasteiger partial charge in [0, 0.05) is 0 Å². The van der Waals surface area contributed by atoms with Gasteiger partial charge >= 0.3 is 6.09 Å². The van der Waals surface area contributed by atoms with E-state index in [9.17, 15) is 9.59 Å². The fourth-order valence-electron chi connectivity index (χ4n) is 1.59. The minimum Gasteiger partial charge on any atom is -0.444 e. The third-order valence-electron chi connectivity index (χ3n) is 2.81. The van der Waals surface area contributed by atoms with Crippen LogP contribution in [0.25, 0.3) is 0 Å². The van der Waals surface area contributed by atoms with E-state index in [0.717, 1.165) is 6.42 Å². The van der Waals surface area contributed by atoms with Gasteiger partial charge < -0.3 is 15.8 Å². The van der Waals surface area contributed by atoms with Gasteiger partial charge in [0.15, 0.2) is 0 Å². The minimum atomic E-state index is -0.745. The van der Waals surface area contributed by atoms with Gasteiger partial charge in [-0.05, 0) is 47.0 Å². The average molecular weight is 298 g/mol. The van der Waals surface area contributed by atoms with Crippen molar-refractivity contribution in [2.45, 2.75) is 66.5 Å². The van der Waals surface area contributed by atoms with Crippen molar-refractivity contribution in [3.63, 3.8) is 0 Å². The van der Waals surface area contributed by atoms with Gasteiger partial charge in [-0.25, -0.2) is 4.79 Å². The van der Waals surface area contributed by atoms with Crippen molar-refractivity contribution >= 4 is 12.0 Å². The third kappa shape index (κ3) is 9.10. The standard InChI is InChI=1S/C16H30N2O3/c1-11(2)10-12(8-9-16(6,7)13(17)19)18-14(20)21-15(3,4)5/h8-9,11-12H,10H2,1-7H3,(H2,17,19)(H,18,20)/b9-8+/t12-/m1/s1. The number of alkyl carbamates (subject to hydrolysis) is 1. The van der Waals surface area contributed by atoms with Crippen molar-refractivity contribution in [2.24, 2.45) is 17.1 Å². The van der Waals surface area contributed by atoms with Gasteiger partial charge in [-0.15, -0.1) is 0 Å². The highest BCUT2D eigenvalue weighted by molar-refractivity contribution is 5.82. The van der Waals surface area contributed by atoms with E-state index in [4.69, 9.17) is 10.5 Å². The summed E-state index contributed by atoms with van der Waals surface area (Å²) in [6, 6.07) is -0.196. The highest BCUT2D eigenvalue weighted by Gasteiger charge is 2.23. The van der Waals surface area contributed by atoms with Crippen LogP contribution in [-0.4, -0.2) is 23.6 Å². The van der Waals surface area contributed by atoms with E-state index in [2.05, 4.69) is 19.2 Å². The van der Waals surface area contributed by atoms with Gasteiger partial charge in [0.05, 0.1) is 11.5 Å². The molecule has 0 heterocycles. The lowest BCUT2D eigenvalue weighted by atomic mass is 9.90. The van der Waals surface area contributed by atoms with Gasteiger partial charge in [0.2, 0.25) is 5.91 Å². The second-order valence-corrected chi connectivity index (χ2v) is 7.33. The Kier molecular flexibility index (Phi) is 6.94. The van der Waals surface area contributed by atoms with Gasteiger partial charge in [-0.1, -0.05) is 26.0 Å². The average Bonchev–Trinajstić information content (AvgIpc) is 2.22. The monoisotopic (exact) mass is 298 g/mol. The number of hydrogen-bond donors (Lipinski definition) is 2. The molecule has 0 rings (SSSR count). The number of carbonyl (C=O) groups is 2. The molecule has 0 aromatic rings. The van der Waals surface area contributed by atoms with E-state index in [1.807, 2.05) is 26.8 Å². The molecule has 1 atom stereocenters. The minimum absolute atomic E-state index is 0.196. The molecule has 0 spiro atoms. The summed E-state index contributed by atoms with van der Waals surface area (Å²) in [5.41, 5.74) is 4.06. The summed E-state index contributed by atoms with van der Waals surface area (Å²) >= 11 is 0. The lowest BCUT2D eigenvalue weighted by Gasteiger charge is -2.24. The normalized spacial score (nSPS) is 14.3. The topological polar surface area (TPSA) is 81.4 Å². The molecule has 0 fully saturated rings. The Balaban J connectivity index is 4.86. The van der Waals surface area contributed by atoms with E-state index >= 15 is 0 Å². The molecule has 3 N–H and O–H groups in total. The van der Waals surface area contributed by atoms with Crippen LogP contribution >= 0.6 is 0 Å². The van der Waals surface area contributed by atoms with Gasteiger partial charge in [-0.2, -0.15) is 0 Å². The summed E-state index contributed by atoms with van der Waals surface area (Å²) in [5.74, 6) is -0.00871. The van der Waals surface area contributed by atoms with Crippen LogP contribution in [0.4, 0.5) is 4.79 Å². The Morgan fingerprint density at radius 2 is 1.71 bits per heavy atom. The van der Waals surface area contributed by atoms with E-state index in [-0.39, 0.29) is 6.04 Å². The van der Waals surface area contributed by atoms with E-state index in [0.29, 0.717) is 5.92 Å². The van der Waals surface area contributed by atoms with E-state index < -0.39 is 23.0 Å². The van der Waals surface area contributed by atoms with Gasteiger partial charge in [0.1, 0.15) is 5.60 Å². The van der Waals surface area contributed by atoms with Crippen LogP contribution in [0.3, 0.4) is 0 Å². The zero-order valence-corrected chi connectivity index (χ0v) is 14.3. The summed E-state index contributed by atoms with van der Waals surface area (Å²) < 4.78 is 5.25. The van der Waals surface area contributed by atoms with Crippen LogP contribution in [0.15, 0.2) is 12.2 Å². The van der Waals surface area contributed by atoms with Crippen LogP contribution in [0.1, 0.15) is 54.9 Å². The molecule has 0 aliphatic rings. The van der Waals surface area contributed by atoms with Gasteiger partial charge in [0.25, 0.3) is 0 Å². The molecule has 21 heavy (non-hydrogen) atoms. The Morgan fingerprint density at radius 1 is 1.19 bits per heavy atom. The molecule has 0 unspecified atom stereocenters. The molecule has 0 aliphatic heterocycles. The van der Waals surface area contributed by atoms with Gasteiger partial charge in [-0.3, -0.25) is 4.79 Å². The fourth-order valence-corrected chi connectivity index (χ4v) is 1.59. The van der Waals surface area contributed by atoms with Crippen LogP contribution in [0, 0.1) is 11.3 Å². The maximum Gasteiger partial charge on any atom is 0.408 e. The first-order valence-corrected chi connectivity index (χ1v) is 7.32. The fraction of sp³-hybridized carbons (Fsp3) is 0.750. The number of nitrogens with two attached hydrogens (primary N) is 1. The Labute approximate surface area is 128 Å². The quantitative estimate of drug-likeness (QED) is 0.740. The SMILES string of the molecule is CC(C)C[C@@H](/C=C/C(C)(C)C(N)=O)NC(=O)OC(C)(C)C. The molecule has 0 radical (unpaired) electrons. The summed E-state index contributed by atoms with van der Waals surface area (Å²) in [7, 11) is 0. The van der Waals surface area contributed by atoms with Crippen LogP contribution in [0.2, 0.25) is 0 Å². The van der Waals surface area contributed by atoms with Crippen molar-refractivity contribution in [2.75, 3.05) is 0 Å².